The van der Waals surface area contributed by atoms with Crippen molar-refractivity contribution >= 4 is 17.3 Å². The van der Waals surface area contributed by atoms with E-state index in [-0.39, 0.29) is 5.69 Å². The van der Waals surface area contributed by atoms with Gasteiger partial charge in [-0.25, -0.2) is 0 Å². The molecule has 0 radical (unpaired) electrons. The topological polar surface area (TPSA) is 64.4 Å². The summed E-state index contributed by atoms with van der Waals surface area (Å²) in [6.07, 6.45) is 0. The molecule has 5 nitrogen and oxygen atoms in total. The highest BCUT2D eigenvalue weighted by atomic mass is 35.5. The van der Waals surface area contributed by atoms with Gasteiger partial charge in [0, 0.05) is 30.3 Å². The summed E-state index contributed by atoms with van der Waals surface area (Å²) in [6, 6.07) is 5.95. The molecule has 0 aliphatic heterocycles. The Labute approximate surface area is 104 Å². The number of nitro groups is 1. The molecule has 0 spiro atoms. The first kappa shape index (κ1) is 13.5. The lowest BCUT2D eigenvalue weighted by Crippen LogP contribution is -2.22. The molecule has 0 fully saturated rings. The van der Waals surface area contributed by atoms with Crippen molar-refractivity contribution in [2.24, 2.45) is 0 Å². The Morgan fingerprint density at radius 3 is 2.65 bits per heavy atom. The van der Waals surface area contributed by atoms with Crippen molar-refractivity contribution in [3.8, 4) is 5.75 Å². The van der Waals surface area contributed by atoms with Crippen LogP contribution < -0.4 is 10.1 Å². The van der Waals surface area contributed by atoms with Crippen LogP contribution in [-0.4, -0.2) is 24.6 Å². The maximum absolute atomic E-state index is 10.4. The van der Waals surface area contributed by atoms with E-state index in [0.717, 1.165) is 0 Å². The van der Waals surface area contributed by atoms with Gasteiger partial charge in [-0.05, 0) is 12.1 Å². The third-order valence-electron chi connectivity index (χ3n) is 1.91. The van der Waals surface area contributed by atoms with Crippen LogP contribution in [0, 0.1) is 10.1 Å². The van der Waals surface area contributed by atoms with Crippen LogP contribution >= 0.6 is 11.6 Å². The zero-order chi connectivity index (χ0) is 12.7. The molecule has 0 unspecified atom stereocenters. The van der Waals surface area contributed by atoms with E-state index in [0.29, 0.717) is 30.5 Å². The van der Waals surface area contributed by atoms with Crippen molar-refractivity contribution in [2.75, 3.05) is 19.7 Å². The van der Waals surface area contributed by atoms with Crippen LogP contribution in [0.3, 0.4) is 0 Å². The van der Waals surface area contributed by atoms with Crippen LogP contribution in [0.25, 0.3) is 0 Å². The number of nitrogens with one attached hydrogen (secondary N) is 1. The predicted octanol–water partition coefficient (Wildman–Crippen LogP) is 2.32. The Kier molecular flexibility index (Phi) is 5.45. The Balaban J connectivity index is 2.27. The lowest BCUT2D eigenvalue weighted by molar-refractivity contribution is -0.384. The third-order valence-corrected chi connectivity index (χ3v) is 2.05. The fourth-order valence-corrected chi connectivity index (χ4v) is 1.22. The monoisotopic (exact) mass is 256 g/mol. The van der Waals surface area contributed by atoms with Gasteiger partial charge in [0.25, 0.3) is 5.69 Å². The maximum atomic E-state index is 10.4. The van der Waals surface area contributed by atoms with Crippen LogP contribution in [0.4, 0.5) is 5.69 Å². The van der Waals surface area contributed by atoms with Crippen molar-refractivity contribution in [1.82, 2.24) is 5.32 Å². The van der Waals surface area contributed by atoms with E-state index in [2.05, 4.69) is 11.9 Å². The summed E-state index contributed by atoms with van der Waals surface area (Å²) in [7, 11) is 0. The molecule has 0 aromatic heterocycles. The van der Waals surface area contributed by atoms with E-state index in [1.165, 1.54) is 12.1 Å². The number of halogens is 1. The number of benzene rings is 1. The molecule has 92 valence electrons. The minimum atomic E-state index is -0.447. The van der Waals surface area contributed by atoms with E-state index >= 15 is 0 Å². The Morgan fingerprint density at radius 2 is 2.12 bits per heavy atom. The summed E-state index contributed by atoms with van der Waals surface area (Å²) in [4.78, 5) is 9.96. The highest BCUT2D eigenvalue weighted by Crippen LogP contribution is 2.16. The summed E-state index contributed by atoms with van der Waals surface area (Å²) < 4.78 is 5.36. The molecule has 1 N–H and O–H groups in total. The number of hydrogen-bond donors (Lipinski definition) is 1. The fraction of sp³-hybridized carbons (Fsp3) is 0.273. The predicted molar refractivity (Wildman–Crippen MR) is 66.5 cm³/mol. The minimum Gasteiger partial charge on any atom is -0.492 e. The average molecular weight is 257 g/mol. The second kappa shape index (κ2) is 6.88. The molecule has 0 atom stereocenters. The summed E-state index contributed by atoms with van der Waals surface area (Å²) in [5.41, 5.74) is 0.0499. The van der Waals surface area contributed by atoms with Gasteiger partial charge in [-0.1, -0.05) is 18.2 Å². The molecule has 0 saturated heterocycles. The number of rotatable bonds is 7. The first-order valence-electron chi connectivity index (χ1n) is 5.01. The molecule has 17 heavy (non-hydrogen) atoms. The molecule has 0 heterocycles. The lowest BCUT2D eigenvalue weighted by atomic mass is 10.3. The van der Waals surface area contributed by atoms with Gasteiger partial charge in [-0.3, -0.25) is 10.1 Å². The van der Waals surface area contributed by atoms with E-state index in [1.54, 1.807) is 12.1 Å². The molecule has 6 heteroatoms. The summed E-state index contributed by atoms with van der Waals surface area (Å²) in [6.45, 7) is 5.16. The second-order valence-electron chi connectivity index (χ2n) is 3.29. The molecular weight excluding hydrogens is 244 g/mol. The number of nitro benzene ring substituents is 1. The van der Waals surface area contributed by atoms with Crippen LogP contribution in [-0.2, 0) is 0 Å². The number of nitrogens with zero attached hydrogens (tertiary/aromatic N) is 1. The smallest absolute Gasteiger partial charge is 0.269 e. The second-order valence-corrected chi connectivity index (χ2v) is 3.83. The molecular formula is C11H13ClN2O3. The number of ether oxygens (including phenoxy) is 1. The quantitative estimate of drug-likeness (QED) is 0.462. The minimum absolute atomic E-state index is 0.0499. The summed E-state index contributed by atoms with van der Waals surface area (Å²) in [5, 5.41) is 14.0. The van der Waals surface area contributed by atoms with Gasteiger partial charge in [0.2, 0.25) is 0 Å². The third kappa shape index (κ3) is 5.33. The molecule has 0 aliphatic rings. The number of non-ortho nitro benzene ring substituents is 1. The zero-order valence-electron chi connectivity index (χ0n) is 9.19. The van der Waals surface area contributed by atoms with Crippen LogP contribution in [0.1, 0.15) is 0 Å². The molecule has 1 rings (SSSR count). The van der Waals surface area contributed by atoms with Gasteiger partial charge in [-0.15, -0.1) is 0 Å². The van der Waals surface area contributed by atoms with Gasteiger partial charge in [0.05, 0.1) is 4.92 Å². The van der Waals surface area contributed by atoms with E-state index in [1.807, 2.05) is 0 Å². The normalized spacial score (nSPS) is 9.94. The van der Waals surface area contributed by atoms with Crippen molar-refractivity contribution in [3.63, 3.8) is 0 Å². The zero-order valence-corrected chi connectivity index (χ0v) is 9.94. The summed E-state index contributed by atoms with van der Waals surface area (Å²) in [5.74, 6) is 0.599. The Morgan fingerprint density at radius 1 is 1.47 bits per heavy atom. The molecule has 1 aromatic rings. The van der Waals surface area contributed by atoms with Crippen molar-refractivity contribution < 1.29 is 9.66 Å². The van der Waals surface area contributed by atoms with Crippen LogP contribution in [0.2, 0.25) is 0 Å². The van der Waals surface area contributed by atoms with Crippen LogP contribution in [0.15, 0.2) is 35.9 Å². The SMILES string of the molecule is C=C(Cl)CNCCOc1ccc([N+](=O)[O-])cc1. The van der Waals surface area contributed by atoms with E-state index in [4.69, 9.17) is 16.3 Å². The summed E-state index contributed by atoms with van der Waals surface area (Å²) >= 11 is 5.56. The highest BCUT2D eigenvalue weighted by Gasteiger charge is 2.03. The standard InChI is InChI=1S/C11H13ClN2O3/c1-9(12)8-13-6-7-17-11-4-2-10(3-5-11)14(15)16/h2-5,13H,1,6-8H2. The van der Waals surface area contributed by atoms with Gasteiger partial charge in [0.15, 0.2) is 0 Å². The Hall–Kier alpha value is -1.59. The lowest BCUT2D eigenvalue weighted by Gasteiger charge is -2.06. The molecule has 0 bridgehead atoms. The van der Waals surface area contributed by atoms with Crippen molar-refractivity contribution in [1.29, 1.82) is 0 Å². The fourth-order valence-electron chi connectivity index (χ4n) is 1.13. The molecule has 0 saturated carbocycles. The number of hydrogen-bond acceptors (Lipinski definition) is 4. The molecule has 0 amide bonds. The van der Waals surface area contributed by atoms with E-state index in [9.17, 15) is 10.1 Å². The van der Waals surface area contributed by atoms with Gasteiger partial charge in [0.1, 0.15) is 12.4 Å². The first-order valence-corrected chi connectivity index (χ1v) is 5.38. The maximum Gasteiger partial charge on any atom is 0.269 e. The highest BCUT2D eigenvalue weighted by molar-refractivity contribution is 6.29. The molecule has 0 aliphatic carbocycles. The van der Waals surface area contributed by atoms with Gasteiger partial charge in [-0.2, -0.15) is 0 Å². The Bertz CT molecular complexity index is 392. The largest absolute Gasteiger partial charge is 0.492 e. The van der Waals surface area contributed by atoms with Gasteiger partial charge >= 0.3 is 0 Å². The van der Waals surface area contributed by atoms with Crippen molar-refractivity contribution in [2.45, 2.75) is 0 Å². The van der Waals surface area contributed by atoms with Crippen molar-refractivity contribution in [3.05, 3.63) is 46.0 Å². The van der Waals surface area contributed by atoms with Gasteiger partial charge < -0.3 is 10.1 Å². The van der Waals surface area contributed by atoms with Crippen LogP contribution in [0.5, 0.6) is 5.75 Å². The first-order chi connectivity index (χ1) is 8.09. The molecule has 1 aromatic carbocycles. The van der Waals surface area contributed by atoms with E-state index < -0.39 is 4.92 Å². The average Bonchev–Trinajstić information content (AvgIpc) is 2.29.